The standard InChI is InChI=1S/C19H28ClN3O2/c1-3-21(4-2)9-8-18(24)22-10-12-23(13-11-22)19(25)15-16-6-5-7-17(20)14-16/h5-7,14H,3-4,8-13,15H2,1-2H3. The van der Waals surface area contributed by atoms with Gasteiger partial charge in [0.05, 0.1) is 6.42 Å². The Bertz CT molecular complexity index is 582. The van der Waals surface area contributed by atoms with Crippen molar-refractivity contribution in [3.63, 3.8) is 0 Å². The minimum absolute atomic E-state index is 0.0949. The molecule has 1 saturated heterocycles. The molecule has 1 aromatic carbocycles. The van der Waals surface area contributed by atoms with Crippen LogP contribution in [0.1, 0.15) is 25.8 Å². The molecule has 2 amide bonds. The molecule has 5 nitrogen and oxygen atoms in total. The van der Waals surface area contributed by atoms with Gasteiger partial charge in [0.2, 0.25) is 11.8 Å². The van der Waals surface area contributed by atoms with E-state index >= 15 is 0 Å². The Morgan fingerprint density at radius 1 is 1.04 bits per heavy atom. The van der Waals surface area contributed by atoms with Gasteiger partial charge in [-0.3, -0.25) is 9.59 Å². The van der Waals surface area contributed by atoms with Gasteiger partial charge in [-0.05, 0) is 30.8 Å². The number of hydrogen-bond acceptors (Lipinski definition) is 3. The normalized spacial score (nSPS) is 14.9. The maximum absolute atomic E-state index is 12.4. The zero-order chi connectivity index (χ0) is 18.2. The van der Waals surface area contributed by atoms with Gasteiger partial charge in [0.25, 0.3) is 0 Å². The topological polar surface area (TPSA) is 43.9 Å². The van der Waals surface area contributed by atoms with E-state index in [1.807, 2.05) is 28.0 Å². The summed E-state index contributed by atoms with van der Waals surface area (Å²) in [5, 5.41) is 0.647. The summed E-state index contributed by atoms with van der Waals surface area (Å²) in [6.45, 7) is 9.42. The zero-order valence-electron chi connectivity index (χ0n) is 15.2. The summed E-state index contributed by atoms with van der Waals surface area (Å²) in [6.07, 6.45) is 0.911. The molecule has 0 bridgehead atoms. The molecule has 0 spiro atoms. The first kappa shape index (κ1) is 19.7. The van der Waals surface area contributed by atoms with Crippen molar-refractivity contribution in [2.45, 2.75) is 26.7 Å². The van der Waals surface area contributed by atoms with Crippen LogP contribution in [0.3, 0.4) is 0 Å². The van der Waals surface area contributed by atoms with Crippen LogP contribution in [0.25, 0.3) is 0 Å². The highest BCUT2D eigenvalue weighted by Crippen LogP contribution is 2.13. The summed E-state index contributed by atoms with van der Waals surface area (Å²) < 4.78 is 0. The lowest BCUT2D eigenvalue weighted by Crippen LogP contribution is -2.51. The van der Waals surface area contributed by atoms with Crippen LogP contribution in [0.2, 0.25) is 5.02 Å². The van der Waals surface area contributed by atoms with Gasteiger partial charge in [-0.25, -0.2) is 0 Å². The van der Waals surface area contributed by atoms with E-state index in [0.29, 0.717) is 44.0 Å². The fraction of sp³-hybridized carbons (Fsp3) is 0.579. The van der Waals surface area contributed by atoms with Gasteiger partial charge in [-0.2, -0.15) is 0 Å². The average molecular weight is 366 g/mol. The van der Waals surface area contributed by atoms with E-state index in [2.05, 4.69) is 18.7 Å². The summed E-state index contributed by atoms with van der Waals surface area (Å²) in [7, 11) is 0. The monoisotopic (exact) mass is 365 g/mol. The first-order valence-electron chi connectivity index (χ1n) is 9.05. The molecule has 25 heavy (non-hydrogen) atoms. The molecule has 0 saturated carbocycles. The van der Waals surface area contributed by atoms with Crippen molar-refractivity contribution >= 4 is 23.4 Å². The molecule has 2 rings (SSSR count). The Morgan fingerprint density at radius 3 is 2.20 bits per heavy atom. The van der Waals surface area contributed by atoms with Crippen LogP contribution in [-0.2, 0) is 16.0 Å². The number of amides is 2. The van der Waals surface area contributed by atoms with Crippen LogP contribution in [0, 0.1) is 0 Å². The summed E-state index contributed by atoms with van der Waals surface area (Å²) in [5.74, 6) is 0.284. The molecule has 138 valence electrons. The third kappa shape index (κ3) is 6.01. The van der Waals surface area contributed by atoms with Crippen molar-refractivity contribution in [2.24, 2.45) is 0 Å². The Kier molecular flexibility index (Phi) is 7.72. The maximum atomic E-state index is 12.4. The molecule has 1 fully saturated rings. The molecule has 0 N–H and O–H groups in total. The lowest BCUT2D eigenvalue weighted by atomic mass is 10.1. The molecule has 6 heteroatoms. The molecular weight excluding hydrogens is 338 g/mol. The van der Waals surface area contributed by atoms with Crippen molar-refractivity contribution in [3.05, 3.63) is 34.9 Å². The molecule has 0 unspecified atom stereocenters. The van der Waals surface area contributed by atoms with Gasteiger partial charge in [-0.1, -0.05) is 37.6 Å². The van der Waals surface area contributed by atoms with Gasteiger partial charge in [0.15, 0.2) is 0 Å². The quantitative estimate of drug-likeness (QED) is 0.744. The number of halogens is 1. The number of rotatable bonds is 7. The first-order chi connectivity index (χ1) is 12.0. The highest BCUT2D eigenvalue weighted by molar-refractivity contribution is 6.30. The first-order valence-corrected chi connectivity index (χ1v) is 9.43. The molecule has 0 aromatic heterocycles. The van der Waals surface area contributed by atoms with E-state index in [1.165, 1.54) is 0 Å². The lowest BCUT2D eigenvalue weighted by molar-refractivity contribution is -0.139. The molecule has 1 aliphatic rings. The van der Waals surface area contributed by atoms with Gasteiger partial charge in [0, 0.05) is 44.2 Å². The second-order valence-electron chi connectivity index (χ2n) is 6.35. The molecule has 0 atom stereocenters. The number of piperazine rings is 1. The van der Waals surface area contributed by atoms with Crippen molar-refractivity contribution in [1.29, 1.82) is 0 Å². The fourth-order valence-electron chi connectivity index (χ4n) is 3.09. The highest BCUT2D eigenvalue weighted by Gasteiger charge is 2.24. The van der Waals surface area contributed by atoms with Gasteiger partial charge in [-0.15, -0.1) is 0 Å². The minimum Gasteiger partial charge on any atom is -0.339 e. The summed E-state index contributed by atoms with van der Waals surface area (Å²) >= 11 is 5.97. The maximum Gasteiger partial charge on any atom is 0.227 e. The van der Waals surface area contributed by atoms with E-state index in [-0.39, 0.29) is 11.8 Å². The van der Waals surface area contributed by atoms with Crippen LogP contribution in [-0.4, -0.2) is 72.3 Å². The van der Waals surface area contributed by atoms with Crippen molar-refractivity contribution in [1.82, 2.24) is 14.7 Å². The number of nitrogens with zero attached hydrogens (tertiary/aromatic N) is 3. The van der Waals surface area contributed by atoms with E-state index in [0.717, 1.165) is 25.2 Å². The van der Waals surface area contributed by atoms with Crippen LogP contribution < -0.4 is 0 Å². The molecule has 1 aromatic rings. The predicted octanol–water partition coefficient (Wildman–Crippen LogP) is 2.29. The van der Waals surface area contributed by atoms with E-state index < -0.39 is 0 Å². The Balaban J connectivity index is 1.76. The van der Waals surface area contributed by atoms with Gasteiger partial charge < -0.3 is 14.7 Å². The van der Waals surface area contributed by atoms with Crippen molar-refractivity contribution < 1.29 is 9.59 Å². The molecular formula is C19H28ClN3O2. The van der Waals surface area contributed by atoms with Crippen molar-refractivity contribution in [2.75, 3.05) is 45.8 Å². The molecule has 0 aliphatic carbocycles. The summed E-state index contributed by atoms with van der Waals surface area (Å²) in [5.41, 5.74) is 0.926. The van der Waals surface area contributed by atoms with E-state index in [4.69, 9.17) is 11.6 Å². The predicted molar refractivity (Wildman–Crippen MR) is 101 cm³/mol. The smallest absolute Gasteiger partial charge is 0.227 e. The molecule has 1 aliphatic heterocycles. The number of benzene rings is 1. The second-order valence-corrected chi connectivity index (χ2v) is 6.78. The van der Waals surface area contributed by atoms with E-state index in [1.54, 1.807) is 6.07 Å². The summed E-state index contributed by atoms with van der Waals surface area (Å²) in [6, 6.07) is 7.40. The number of carbonyl (C=O) groups is 2. The third-order valence-corrected chi connectivity index (χ3v) is 5.00. The SMILES string of the molecule is CCN(CC)CCC(=O)N1CCN(C(=O)Cc2cccc(Cl)c2)CC1. The third-order valence-electron chi connectivity index (χ3n) is 4.77. The lowest BCUT2D eigenvalue weighted by Gasteiger charge is -2.35. The van der Waals surface area contributed by atoms with E-state index in [9.17, 15) is 9.59 Å². The van der Waals surface area contributed by atoms with Gasteiger partial charge >= 0.3 is 0 Å². The van der Waals surface area contributed by atoms with Crippen LogP contribution in [0.15, 0.2) is 24.3 Å². The van der Waals surface area contributed by atoms with Gasteiger partial charge in [0.1, 0.15) is 0 Å². The highest BCUT2D eigenvalue weighted by atomic mass is 35.5. The molecule has 1 heterocycles. The Hall–Kier alpha value is -1.59. The zero-order valence-corrected chi connectivity index (χ0v) is 16.0. The summed E-state index contributed by atoms with van der Waals surface area (Å²) in [4.78, 5) is 30.7. The minimum atomic E-state index is 0.0949. The fourth-order valence-corrected chi connectivity index (χ4v) is 3.30. The molecule has 0 radical (unpaired) electrons. The van der Waals surface area contributed by atoms with Crippen LogP contribution >= 0.6 is 11.6 Å². The van der Waals surface area contributed by atoms with Crippen LogP contribution in [0.5, 0.6) is 0 Å². The number of carbonyl (C=O) groups excluding carboxylic acids is 2. The largest absolute Gasteiger partial charge is 0.339 e. The Labute approximate surface area is 155 Å². The Morgan fingerprint density at radius 2 is 1.64 bits per heavy atom. The van der Waals surface area contributed by atoms with Crippen molar-refractivity contribution in [3.8, 4) is 0 Å². The second kappa shape index (κ2) is 9.78. The number of hydrogen-bond donors (Lipinski definition) is 0. The van der Waals surface area contributed by atoms with Crippen LogP contribution in [0.4, 0.5) is 0 Å². The average Bonchev–Trinajstić information content (AvgIpc) is 2.62.